The van der Waals surface area contributed by atoms with Crippen LogP contribution in [0, 0.1) is 0 Å². The van der Waals surface area contributed by atoms with Crippen molar-refractivity contribution in [1.29, 1.82) is 0 Å². The van der Waals surface area contributed by atoms with E-state index in [9.17, 15) is 18.0 Å². The van der Waals surface area contributed by atoms with Crippen LogP contribution < -0.4 is 0 Å². The molecule has 0 aliphatic rings. The first-order valence-electron chi connectivity index (χ1n) is 5.28. The first-order chi connectivity index (χ1) is 8.40. The summed E-state index contributed by atoms with van der Waals surface area (Å²) < 4.78 is 36.9. The maximum atomic E-state index is 12.3. The third-order valence-electron chi connectivity index (χ3n) is 2.33. The molecule has 100 valence electrons. The number of halogens is 4. The smallest absolute Gasteiger partial charge is 0.336 e. The quantitative estimate of drug-likeness (QED) is 0.795. The Kier molecular flexibility index (Phi) is 4.95. The molecule has 18 heavy (non-hydrogen) atoms. The van der Waals surface area contributed by atoms with Gasteiger partial charge in [-0.15, -0.1) is 11.6 Å². The fourth-order valence-electron chi connectivity index (χ4n) is 1.36. The molecule has 0 unspecified atom stereocenters. The number of hydrogen-bond acceptors (Lipinski definition) is 2. The van der Waals surface area contributed by atoms with Gasteiger partial charge >= 0.3 is 6.18 Å². The summed E-state index contributed by atoms with van der Waals surface area (Å²) in [6.45, 7) is 2.52. The van der Waals surface area contributed by atoms with Crippen LogP contribution in [0.25, 0.3) is 0 Å². The molecule has 1 amide bonds. The zero-order valence-corrected chi connectivity index (χ0v) is 10.4. The van der Waals surface area contributed by atoms with Gasteiger partial charge in [-0.2, -0.15) is 13.2 Å². The number of nitrogens with zero attached hydrogens (tertiary/aromatic N) is 2. The maximum absolute atomic E-state index is 12.3. The van der Waals surface area contributed by atoms with Crippen molar-refractivity contribution < 1.29 is 18.0 Å². The number of alkyl halides is 4. The van der Waals surface area contributed by atoms with Crippen molar-refractivity contribution in [3.8, 4) is 0 Å². The van der Waals surface area contributed by atoms with E-state index in [0.29, 0.717) is 19.3 Å². The third kappa shape index (κ3) is 3.60. The van der Waals surface area contributed by atoms with Gasteiger partial charge in [0, 0.05) is 25.2 Å². The highest BCUT2D eigenvalue weighted by atomic mass is 35.5. The first-order valence-corrected chi connectivity index (χ1v) is 5.82. The Labute approximate surface area is 108 Å². The Morgan fingerprint density at radius 1 is 1.44 bits per heavy atom. The van der Waals surface area contributed by atoms with Crippen molar-refractivity contribution in [2.75, 3.05) is 19.0 Å². The fraction of sp³-hybridized carbons (Fsp3) is 0.455. The summed E-state index contributed by atoms with van der Waals surface area (Å²) in [5.74, 6) is -0.160. The van der Waals surface area contributed by atoms with Gasteiger partial charge in [0.25, 0.3) is 5.91 Å². The molecule has 0 fully saturated rings. The van der Waals surface area contributed by atoms with Crippen LogP contribution in [0.3, 0.4) is 0 Å². The fourth-order valence-corrected chi connectivity index (χ4v) is 1.56. The molecule has 3 nitrogen and oxygen atoms in total. The standard InChI is InChI=1S/C11H12ClF3N2O/c1-2-17(6-5-12)10(18)9-4-3-8(7-16-9)11(13,14)15/h3-4,7H,2,5-6H2,1H3. The van der Waals surface area contributed by atoms with Crippen molar-refractivity contribution in [3.63, 3.8) is 0 Å². The van der Waals surface area contributed by atoms with E-state index in [1.807, 2.05) is 0 Å². The molecule has 1 aromatic rings. The highest BCUT2D eigenvalue weighted by Gasteiger charge is 2.31. The molecule has 0 aliphatic carbocycles. The van der Waals surface area contributed by atoms with Crippen molar-refractivity contribution >= 4 is 17.5 Å². The molecule has 1 aromatic heterocycles. The van der Waals surface area contributed by atoms with Crippen molar-refractivity contribution in [2.45, 2.75) is 13.1 Å². The minimum Gasteiger partial charge on any atom is -0.336 e. The van der Waals surface area contributed by atoms with Gasteiger partial charge in [-0.25, -0.2) is 0 Å². The molecular weight excluding hydrogens is 269 g/mol. The monoisotopic (exact) mass is 280 g/mol. The van der Waals surface area contributed by atoms with Crippen molar-refractivity contribution in [1.82, 2.24) is 9.88 Å². The molecule has 7 heteroatoms. The van der Waals surface area contributed by atoms with Gasteiger partial charge in [0.05, 0.1) is 5.56 Å². The van der Waals surface area contributed by atoms with Gasteiger partial charge in [-0.3, -0.25) is 9.78 Å². The van der Waals surface area contributed by atoms with Crippen LogP contribution in [-0.2, 0) is 6.18 Å². The Bertz CT molecular complexity index is 406. The average molecular weight is 281 g/mol. The van der Waals surface area contributed by atoms with Gasteiger partial charge in [0.2, 0.25) is 0 Å². The number of carbonyl (C=O) groups excluding carboxylic acids is 1. The topological polar surface area (TPSA) is 33.2 Å². The van der Waals surface area contributed by atoms with Crippen LogP contribution in [0.4, 0.5) is 13.2 Å². The minimum atomic E-state index is -4.45. The van der Waals surface area contributed by atoms with Gasteiger partial charge in [-0.05, 0) is 19.1 Å². The summed E-state index contributed by atoms with van der Waals surface area (Å²) in [4.78, 5) is 16.8. The Morgan fingerprint density at radius 3 is 2.50 bits per heavy atom. The Morgan fingerprint density at radius 2 is 2.11 bits per heavy atom. The second kappa shape index (κ2) is 6.04. The highest BCUT2D eigenvalue weighted by Crippen LogP contribution is 2.28. The van der Waals surface area contributed by atoms with Gasteiger partial charge < -0.3 is 4.90 Å². The molecule has 0 N–H and O–H groups in total. The molecule has 0 saturated heterocycles. The van der Waals surface area contributed by atoms with Crippen LogP contribution in [0.15, 0.2) is 18.3 Å². The Balaban J connectivity index is 2.88. The predicted octanol–water partition coefficient (Wildman–Crippen LogP) is 2.80. The lowest BCUT2D eigenvalue weighted by molar-refractivity contribution is -0.137. The van der Waals surface area contributed by atoms with E-state index in [-0.39, 0.29) is 11.6 Å². The maximum Gasteiger partial charge on any atom is 0.417 e. The number of aromatic nitrogens is 1. The van der Waals surface area contributed by atoms with Crippen LogP contribution in [0.2, 0.25) is 0 Å². The number of hydrogen-bond donors (Lipinski definition) is 0. The molecule has 0 aromatic carbocycles. The van der Waals surface area contributed by atoms with Gasteiger partial charge in [0.1, 0.15) is 5.69 Å². The van der Waals surface area contributed by atoms with E-state index >= 15 is 0 Å². The SMILES string of the molecule is CCN(CCCl)C(=O)c1ccc(C(F)(F)F)cn1. The predicted molar refractivity (Wildman–Crippen MR) is 61.5 cm³/mol. The molecule has 0 radical (unpaired) electrons. The third-order valence-corrected chi connectivity index (χ3v) is 2.50. The molecule has 0 atom stereocenters. The molecular formula is C11H12ClF3N2O. The highest BCUT2D eigenvalue weighted by molar-refractivity contribution is 6.18. The van der Waals surface area contributed by atoms with E-state index in [1.165, 1.54) is 4.90 Å². The second-order valence-electron chi connectivity index (χ2n) is 3.50. The summed E-state index contributed by atoms with van der Waals surface area (Å²) >= 11 is 5.53. The number of amides is 1. The summed E-state index contributed by atoms with van der Waals surface area (Å²) in [5.41, 5.74) is -0.894. The van der Waals surface area contributed by atoms with Crippen LogP contribution in [0.1, 0.15) is 23.0 Å². The lowest BCUT2D eigenvalue weighted by Crippen LogP contribution is -2.33. The lowest BCUT2D eigenvalue weighted by atomic mass is 10.2. The van der Waals surface area contributed by atoms with E-state index in [1.54, 1.807) is 6.92 Å². The van der Waals surface area contributed by atoms with Gasteiger partial charge in [0.15, 0.2) is 0 Å². The zero-order valence-electron chi connectivity index (χ0n) is 9.67. The van der Waals surface area contributed by atoms with E-state index in [2.05, 4.69) is 4.98 Å². The lowest BCUT2D eigenvalue weighted by Gasteiger charge is -2.19. The molecule has 0 saturated carbocycles. The second-order valence-corrected chi connectivity index (χ2v) is 3.88. The van der Waals surface area contributed by atoms with E-state index in [0.717, 1.165) is 12.1 Å². The average Bonchev–Trinajstić information content (AvgIpc) is 2.34. The largest absolute Gasteiger partial charge is 0.417 e. The molecule has 1 rings (SSSR count). The van der Waals surface area contributed by atoms with Crippen LogP contribution >= 0.6 is 11.6 Å². The minimum absolute atomic E-state index is 0.0185. The molecule has 0 aliphatic heterocycles. The summed E-state index contributed by atoms with van der Waals surface area (Å²) in [6.07, 6.45) is -3.79. The molecule has 1 heterocycles. The number of pyridine rings is 1. The normalized spacial score (nSPS) is 11.4. The van der Waals surface area contributed by atoms with Crippen molar-refractivity contribution in [3.05, 3.63) is 29.6 Å². The zero-order chi connectivity index (χ0) is 13.8. The molecule has 0 bridgehead atoms. The Hall–Kier alpha value is -1.30. The molecule has 0 spiro atoms. The summed E-state index contributed by atoms with van der Waals surface area (Å²) in [7, 11) is 0. The van der Waals surface area contributed by atoms with Crippen molar-refractivity contribution in [2.24, 2.45) is 0 Å². The van der Waals surface area contributed by atoms with E-state index in [4.69, 9.17) is 11.6 Å². The van der Waals surface area contributed by atoms with Gasteiger partial charge in [-0.1, -0.05) is 0 Å². The number of carbonyl (C=O) groups is 1. The summed E-state index contributed by atoms with van der Waals surface area (Å²) in [5, 5.41) is 0. The summed E-state index contributed by atoms with van der Waals surface area (Å²) in [6, 6.07) is 1.91. The first kappa shape index (κ1) is 14.8. The number of rotatable bonds is 4. The van der Waals surface area contributed by atoms with E-state index < -0.39 is 17.6 Å². The van der Waals surface area contributed by atoms with Crippen LogP contribution in [0.5, 0.6) is 0 Å². The van der Waals surface area contributed by atoms with Crippen LogP contribution in [-0.4, -0.2) is 34.8 Å².